The molecule has 7 nitrogen and oxygen atoms in total. The van der Waals surface area contributed by atoms with Crippen molar-refractivity contribution in [3.63, 3.8) is 0 Å². The highest BCUT2D eigenvalue weighted by Gasteiger charge is 2.12. The van der Waals surface area contributed by atoms with E-state index in [0.29, 0.717) is 12.3 Å². The van der Waals surface area contributed by atoms with Crippen LogP contribution in [0.4, 0.5) is 0 Å². The van der Waals surface area contributed by atoms with Crippen molar-refractivity contribution in [2.45, 2.75) is 19.6 Å². The van der Waals surface area contributed by atoms with Crippen LogP contribution in [0.3, 0.4) is 0 Å². The van der Waals surface area contributed by atoms with Gasteiger partial charge in [0.1, 0.15) is 11.9 Å². The predicted molar refractivity (Wildman–Crippen MR) is 84.3 cm³/mol. The van der Waals surface area contributed by atoms with E-state index in [4.69, 9.17) is 4.42 Å². The Bertz CT molecular complexity index is 591. The number of rotatable bonds is 6. The Labute approximate surface area is 130 Å². The number of hydrogen-bond donors (Lipinski definition) is 2. The molecule has 1 atom stereocenters. The summed E-state index contributed by atoms with van der Waals surface area (Å²) in [5.41, 5.74) is 1.10. The highest BCUT2D eigenvalue weighted by molar-refractivity contribution is 5.79. The zero-order chi connectivity index (χ0) is 15.9. The van der Waals surface area contributed by atoms with Gasteiger partial charge in [-0.3, -0.25) is 4.68 Å². The molecule has 0 aliphatic carbocycles. The number of nitrogens with one attached hydrogen (secondary N) is 1. The van der Waals surface area contributed by atoms with Crippen LogP contribution in [0.5, 0.6) is 0 Å². The lowest BCUT2D eigenvalue weighted by molar-refractivity contribution is 0.158. The molecule has 120 valence electrons. The number of hydrogen-bond acceptors (Lipinski definition) is 4. The van der Waals surface area contributed by atoms with Gasteiger partial charge in [-0.2, -0.15) is 5.10 Å². The summed E-state index contributed by atoms with van der Waals surface area (Å²) in [4.78, 5) is 6.46. The molecule has 2 N–H and O–H groups in total. The third-order valence-electron chi connectivity index (χ3n) is 3.16. The first-order chi connectivity index (χ1) is 10.6. The summed E-state index contributed by atoms with van der Waals surface area (Å²) in [6, 6.07) is 3.49. The second kappa shape index (κ2) is 7.65. The van der Waals surface area contributed by atoms with Gasteiger partial charge >= 0.3 is 0 Å². The van der Waals surface area contributed by atoms with E-state index in [1.165, 1.54) is 0 Å². The van der Waals surface area contributed by atoms with E-state index in [0.717, 1.165) is 18.1 Å². The standard InChI is InChI=1S/C15H23N5O2/c1-4-16-15(17-9-13(21)14-6-5-7-22-14)19(2)10-12-8-18-20(3)11-12/h5-8,11,13,21H,4,9-10H2,1-3H3,(H,16,17). The van der Waals surface area contributed by atoms with Crippen LogP contribution >= 0.6 is 0 Å². The number of furan rings is 1. The molecule has 22 heavy (non-hydrogen) atoms. The van der Waals surface area contributed by atoms with Crippen LogP contribution in [0.1, 0.15) is 24.4 Å². The molecule has 2 aromatic rings. The molecule has 7 heteroatoms. The molecule has 0 fully saturated rings. The van der Waals surface area contributed by atoms with E-state index < -0.39 is 6.10 Å². The number of aliphatic hydroxyl groups is 1. The molecule has 0 saturated heterocycles. The number of aliphatic imine (C=N–C) groups is 1. The van der Waals surface area contributed by atoms with Crippen molar-refractivity contribution in [2.75, 3.05) is 20.1 Å². The van der Waals surface area contributed by atoms with Gasteiger partial charge in [-0.05, 0) is 19.1 Å². The lowest BCUT2D eigenvalue weighted by Gasteiger charge is -2.21. The smallest absolute Gasteiger partial charge is 0.194 e. The summed E-state index contributed by atoms with van der Waals surface area (Å²) < 4.78 is 6.95. The average molecular weight is 305 g/mol. The first-order valence-electron chi connectivity index (χ1n) is 7.28. The molecule has 1 unspecified atom stereocenters. The highest BCUT2D eigenvalue weighted by atomic mass is 16.4. The molecular formula is C15H23N5O2. The van der Waals surface area contributed by atoms with Gasteiger partial charge in [-0.25, -0.2) is 4.99 Å². The predicted octanol–water partition coefficient (Wildman–Crippen LogP) is 1.14. The number of aromatic nitrogens is 2. The molecule has 0 aromatic carbocycles. The van der Waals surface area contributed by atoms with Crippen LogP contribution in [-0.2, 0) is 13.6 Å². The van der Waals surface area contributed by atoms with Crippen LogP contribution < -0.4 is 5.32 Å². The molecule has 2 rings (SSSR count). The van der Waals surface area contributed by atoms with Gasteiger partial charge in [0.05, 0.1) is 19.0 Å². The largest absolute Gasteiger partial charge is 0.467 e. The fraction of sp³-hybridized carbons (Fsp3) is 0.467. The van der Waals surface area contributed by atoms with E-state index in [1.54, 1.807) is 23.1 Å². The van der Waals surface area contributed by atoms with Gasteiger partial charge in [-0.15, -0.1) is 0 Å². The Kier molecular flexibility index (Phi) is 5.60. The fourth-order valence-electron chi connectivity index (χ4n) is 2.12. The number of nitrogens with zero attached hydrogens (tertiary/aromatic N) is 4. The third kappa shape index (κ3) is 4.36. The Balaban J connectivity index is 1.99. The van der Waals surface area contributed by atoms with Crippen molar-refractivity contribution in [2.24, 2.45) is 12.0 Å². The van der Waals surface area contributed by atoms with Crippen LogP contribution in [0.2, 0.25) is 0 Å². The summed E-state index contributed by atoms with van der Waals surface area (Å²) in [5, 5.41) is 17.4. The van der Waals surface area contributed by atoms with Gasteiger partial charge < -0.3 is 19.7 Å². The van der Waals surface area contributed by atoms with Crippen molar-refractivity contribution in [1.82, 2.24) is 20.0 Å². The second-order valence-electron chi connectivity index (χ2n) is 5.10. The minimum atomic E-state index is -0.740. The van der Waals surface area contributed by atoms with Gasteiger partial charge in [0.25, 0.3) is 0 Å². The minimum absolute atomic E-state index is 0.243. The fourth-order valence-corrected chi connectivity index (χ4v) is 2.12. The second-order valence-corrected chi connectivity index (χ2v) is 5.10. The van der Waals surface area contributed by atoms with E-state index in [2.05, 4.69) is 15.4 Å². The summed E-state index contributed by atoms with van der Waals surface area (Å²) in [7, 11) is 3.84. The molecule has 2 heterocycles. The third-order valence-corrected chi connectivity index (χ3v) is 3.16. The first-order valence-corrected chi connectivity index (χ1v) is 7.28. The minimum Gasteiger partial charge on any atom is -0.467 e. The maximum Gasteiger partial charge on any atom is 0.194 e. The highest BCUT2D eigenvalue weighted by Crippen LogP contribution is 2.13. The quantitative estimate of drug-likeness (QED) is 0.618. The van der Waals surface area contributed by atoms with E-state index >= 15 is 0 Å². The molecule has 2 aromatic heterocycles. The van der Waals surface area contributed by atoms with Crippen molar-refractivity contribution in [3.05, 3.63) is 42.1 Å². The summed E-state index contributed by atoms with van der Waals surface area (Å²) in [5.74, 6) is 1.26. The van der Waals surface area contributed by atoms with Crippen LogP contribution in [0.15, 0.2) is 40.2 Å². The van der Waals surface area contributed by atoms with Crippen LogP contribution in [-0.4, -0.2) is 45.9 Å². The Morgan fingerprint density at radius 3 is 3.00 bits per heavy atom. The number of guanidine groups is 1. The molecule has 0 spiro atoms. The summed E-state index contributed by atoms with van der Waals surface area (Å²) >= 11 is 0. The van der Waals surface area contributed by atoms with Crippen molar-refractivity contribution < 1.29 is 9.52 Å². The normalized spacial score (nSPS) is 13.2. The SMILES string of the molecule is CCNC(=NCC(O)c1ccco1)N(C)Cc1cnn(C)c1. The van der Waals surface area contributed by atoms with Crippen molar-refractivity contribution in [1.29, 1.82) is 0 Å². The molecular weight excluding hydrogens is 282 g/mol. The van der Waals surface area contributed by atoms with E-state index in [1.807, 2.05) is 38.3 Å². The number of aliphatic hydroxyl groups excluding tert-OH is 1. The topological polar surface area (TPSA) is 78.8 Å². The molecule has 0 saturated carbocycles. The monoisotopic (exact) mass is 305 g/mol. The molecule has 0 aliphatic rings. The molecule has 0 amide bonds. The Morgan fingerprint density at radius 1 is 1.59 bits per heavy atom. The lowest BCUT2D eigenvalue weighted by Crippen LogP contribution is -2.38. The van der Waals surface area contributed by atoms with Gasteiger partial charge in [0.15, 0.2) is 5.96 Å². The molecule has 0 radical (unpaired) electrons. The number of aryl methyl sites for hydroxylation is 1. The van der Waals surface area contributed by atoms with Crippen LogP contribution in [0, 0.1) is 0 Å². The molecule has 0 aliphatic heterocycles. The summed E-state index contributed by atoms with van der Waals surface area (Å²) in [6.45, 7) is 3.70. The van der Waals surface area contributed by atoms with Gasteiger partial charge in [0.2, 0.25) is 0 Å². The Hall–Kier alpha value is -2.28. The zero-order valence-electron chi connectivity index (χ0n) is 13.2. The maximum absolute atomic E-state index is 10.0. The lowest BCUT2D eigenvalue weighted by atomic mass is 10.3. The van der Waals surface area contributed by atoms with Crippen molar-refractivity contribution >= 4 is 5.96 Å². The van der Waals surface area contributed by atoms with Crippen molar-refractivity contribution in [3.8, 4) is 0 Å². The zero-order valence-corrected chi connectivity index (χ0v) is 13.2. The Morgan fingerprint density at radius 2 is 2.41 bits per heavy atom. The van der Waals surface area contributed by atoms with Gasteiger partial charge in [-0.1, -0.05) is 0 Å². The van der Waals surface area contributed by atoms with Crippen LogP contribution in [0.25, 0.3) is 0 Å². The average Bonchev–Trinajstić information content (AvgIpc) is 3.14. The van der Waals surface area contributed by atoms with Gasteiger partial charge in [0, 0.05) is 38.9 Å². The maximum atomic E-state index is 10.0. The first kappa shape index (κ1) is 16.1. The molecule has 0 bridgehead atoms. The van der Waals surface area contributed by atoms with E-state index in [-0.39, 0.29) is 6.54 Å². The van der Waals surface area contributed by atoms with E-state index in [9.17, 15) is 5.11 Å². The summed E-state index contributed by atoms with van der Waals surface area (Å²) in [6.07, 6.45) is 4.60.